The molecule has 6 nitrogen and oxygen atoms in total. The van der Waals surface area contributed by atoms with E-state index in [9.17, 15) is 0 Å². The van der Waals surface area contributed by atoms with Gasteiger partial charge in [0, 0.05) is 19.0 Å². The fourth-order valence-corrected chi connectivity index (χ4v) is 2.90. The second kappa shape index (κ2) is 6.88. The number of oxime groups is 1. The summed E-state index contributed by atoms with van der Waals surface area (Å²) in [6.45, 7) is 2.39. The largest absolute Gasteiger partial charge is 0.471 e. The third kappa shape index (κ3) is 3.33. The van der Waals surface area contributed by atoms with Crippen molar-refractivity contribution >= 4 is 11.3 Å². The second-order valence-electron chi connectivity index (χ2n) is 5.88. The monoisotopic (exact) mass is 325 g/mol. The highest BCUT2D eigenvalue weighted by atomic mass is 16.7. The molecule has 2 aliphatic heterocycles. The van der Waals surface area contributed by atoms with Crippen LogP contribution in [0.15, 0.2) is 52.3 Å². The van der Waals surface area contributed by atoms with Crippen molar-refractivity contribution < 1.29 is 14.1 Å². The Labute approximate surface area is 140 Å². The topological polar surface area (TPSA) is 68.9 Å². The smallest absolute Gasteiger partial charge is 0.254 e. The summed E-state index contributed by atoms with van der Waals surface area (Å²) in [5, 5.41) is 11.2. The van der Waals surface area contributed by atoms with E-state index in [1.807, 2.05) is 0 Å². The highest BCUT2D eigenvalue weighted by Gasteiger charge is 2.23. The average molecular weight is 325 g/mol. The molecule has 0 spiro atoms. The normalized spacial score (nSPS) is 20.2. The van der Waals surface area contributed by atoms with Gasteiger partial charge < -0.3 is 19.4 Å². The van der Waals surface area contributed by atoms with E-state index in [1.165, 1.54) is 17.4 Å². The van der Waals surface area contributed by atoms with Crippen LogP contribution in [0.1, 0.15) is 24.0 Å². The Morgan fingerprint density at radius 3 is 2.79 bits per heavy atom. The van der Waals surface area contributed by atoms with Crippen molar-refractivity contribution in [2.24, 2.45) is 5.16 Å². The van der Waals surface area contributed by atoms with Gasteiger partial charge in [0.1, 0.15) is 12.9 Å². The summed E-state index contributed by atoms with van der Waals surface area (Å²) in [5.74, 6) is 0.464. The van der Waals surface area contributed by atoms with Crippen molar-refractivity contribution in [3.05, 3.63) is 53.8 Å². The molecular formula is C18H19N3O3. The zero-order valence-electron chi connectivity index (χ0n) is 13.3. The lowest BCUT2D eigenvalue weighted by atomic mass is 9.97. The summed E-state index contributed by atoms with van der Waals surface area (Å²) in [5.41, 5.74) is 4.74. The van der Waals surface area contributed by atoms with E-state index in [2.05, 4.69) is 46.0 Å². The van der Waals surface area contributed by atoms with Crippen LogP contribution in [0.2, 0.25) is 0 Å². The van der Waals surface area contributed by atoms with Gasteiger partial charge in [-0.15, -0.1) is 0 Å². The molecule has 3 heterocycles. The summed E-state index contributed by atoms with van der Waals surface area (Å²) in [7, 11) is 0. The molecule has 0 bridgehead atoms. The van der Waals surface area contributed by atoms with Gasteiger partial charge in [0.25, 0.3) is 5.88 Å². The molecule has 6 heteroatoms. The zero-order valence-corrected chi connectivity index (χ0v) is 13.3. The number of aromatic nitrogens is 1. The SMILES string of the molecule is C1=C(c2ccc(C3=NO[C@H](COc4ccon4)C3)cc2)CCNC1. The molecule has 0 radical (unpaired) electrons. The van der Waals surface area contributed by atoms with Crippen LogP contribution in [0, 0.1) is 0 Å². The van der Waals surface area contributed by atoms with Crippen LogP contribution in [0.4, 0.5) is 0 Å². The first-order chi connectivity index (χ1) is 11.9. The standard InChI is InChI=1S/C18H19N3O3/c1-3-15(4-2-13(1)14-5-8-19-9-6-14)17-11-16(24-20-17)12-22-18-7-10-23-21-18/h1-5,7,10,16,19H,6,8-9,11-12H2/t16-/m0/s1. The predicted octanol–water partition coefficient (Wildman–Crippen LogP) is 2.62. The van der Waals surface area contributed by atoms with Crippen molar-refractivity contribution in [1.82, 2.24) is 10.5 Å². The number of hydrogen-bond donors (Lipinski definition) is 1. The molecule has 0 unspecified atom stereocenters. The molecule has 124 valence electrons. The number of nitrogens with zero attached hydrogens (tertiary/aromatic N) is 2. The Morgan fingerprint density at radius 1 is 1.17 bits per heavy atom. The van der Waals surface area contributed by atoms with Crippen LogP contribution >= 0.6 is 0 Å². The summed E-state index contributed by atoms with van der Waals surface area (Å²) in [6.07, 6.45) is 5.44. The van der Waals surface area contributed by atoms with Gasteiger partial charge >= 0.3 is 0 Å². The second-order valence-corrected chi connectivity index (χ2v) is 5.88. The number of ether oxygens (including phenoxy) is 1. The summed E-state index contributed by atoms with van der Waals surface area (Å²) in [4.78, 5) is 5.45. The van der Waals surface area contributed by atoms with Gasteiger partial charge in [-0.2, -0.15) is 0 Å². The maximum absolute atomic E-state index is 5.50. The first kappa shape index (κ1) is 15.0. The molecule has 0 amide bonds. The van der Waals surface area contributed by atoms with Crippen molar-refractivity contribution in [2.45, 2.75) is 18.9 Å². The molecule has 0 saturated carbocycles. The lowest BCUT2D eigenvalue weighted by Crippen LogP contribution is -2.20. The van der Waals surface area contributed by atoms with Crippen molar-refractivity contribution in [2.75, 3.05) is 19.7 Å². The molecule has 0 aliphatic carbocycles. The summed E-state index contributed by atoms with van der Waals surface area (Å²) >= 11 is 0. The molecule has 1 atom stereocenters. The third-order valence-electron chi connectivity index (χ3n) is 4.22. The molecule has 24 heavy (non-hydrogen) atoms. The van der Waals surface area contributed by atoms with Gasteiger partial charge in [0.2, 0.25) is 0 Å². The first-order valence-electron chi connectivity index (χ1n) is 8.15. The van der Waals surface area contributed by atoms with Gasteiger partial charge in [0.05, 0.1) is 5.71 Å². The quantitative estimate of drug-likeness (QED) is 0.915. The van der Waals surface area contributed by atoms with Gasteiger partial charge in [0.15, 0.2) is 6.10 Å². The summed E-state index contributed by atoms with van der Waals surface area (Å²) < 4.78 is 10.2. The molecule has 2 aromatic rings. The van der Waals surface area contributed by atoms with Gasteiger partial charge in [-0.05, 0) is 34.8 Å². The van der Waals surface area contributed by atoms with Crippen LogP contribution in [0.3, 0.4) is 0 Å². The fraction of sp³-hybridized carbons (Fsp3) is 0.333. The minimum atomic E-state index is -0.0940. The van der Waals surface area contributed by atoms with Crippen molar-refractivity contribution in [3.63, 3.8) is 0 Å². The summed E-state index contributed by atoms with van der Waals surface area (Å²) in [6, 6.07) is 10.2. The Morgan fingerprint density at radius 2 is 2.04 bits per heavy atom. The van der Waals surface area contributed by atoms with Gasteiger partial charge in [-0.25, -0.2) is 0 Å². The molecule has 0 saturated heterocycles. The number of benzene rings is 1. The van der Waals surface area contributed by atoms with Crippen LogP contribution in [0.25, 0.3) is 5.57 Å². The van der Waals surface area contributed by atoms with Crippen molar-refractivity contribution in [3.8, 4) is 5.88 Å². The highest BCUT2D eigenvalue weighted by Crippen LogP contribution is 2.23. The van der Waals surface area contributed by atoms with Crippen LogP contribution in [-0.4, -0.2) is 36.7 Å². The van der Waals surface area contributed by atoms with Crippen molar-refractivity contribution in [1.29, 1.82) is 0 Å². The minimum absolute atomic E-state index is 0.0940. The van der Waals surface area contributed by atoms with Gasteiger partial charge in [-0.1, -0.05) is 35.5 Å². The van der Waals surface area contributed by atoms with Gasteiger partial charge in [-0.3, -0.25) is 0 Å². The van der Waals surface area contributed by atoms with Crippen LogP contribution in [-0.2, 0) is 4.84 Å². The van der Waals surface area contributed by atoms with Crippen LogP contribution < -0.4 is 10.1 Å². The van der Waals surface area contributed by atoms with Crippen LogP contribution in [0.5, 0.6) is 5.88 Å². The van der Waals surface area contributed by atoms with E-state index >= 15 is 0 Å². The predicted molar refractivity (Wildman–Crippen MR) is 89.9 cm³/mol. The maximum Gasteiger partial charge on any atom is 0.254 e. The molecular weight excluding hydrogens is 306 g/mol. The maximum atomic E-state index is 5.50. The zero-order chi connectivity index (χ0) is 16.2. The van der Waals surface area contributed by atoms with E-state index in [0.29, 0.717) is 12.5 Å². The van der Waals surface area contributed by atoms with E-state index < -0.39 is 0 Å². The van der Waals surface area contributed by atoms with E-state index in [-0.39, 0.29) is 6.10 Å². The molecule has 1 aromatic heterocycles. The minimum Gasteiger partial charge on any atom is -0.471 e. The van der Waals surface area contributed by atoms with E-state index in [4.69, 9.17) is 14.1 Å². The lowest BCUT2D eigenvalue weighted by Gasteiger charge is -2.14. The average Bonchev–Trinajstić information content (AvgIpc) is 3.33. The number of hydrogen-bond acceptors (Lipinski definition) is 6. The first-order valence-corrected chi connectivity index (χ1v) is 8.15. The molecule has 1 N–H and O–H groups in total. The molecule has 2 aliphatic rings. The third-order valence-corrected chi connectivity index (χ3v) is 4.22. The Kier molecular flexibility index (Phi) is 4.29. The Bertz CT molecular complexity index is 735. The molecule has 0 fully saturated rings. The molecule has 4 rings (SSSR count). The Hall–Kier alpha value is -2.60. The fourth-order valence-electron chi connectivity index (χ4n) is 2.90. The number of nitrogens with one attached hydrogen (secondary N) is 1. The highest BCUT2D eigenvalue weighted by molar-refractivity contribution is 6.01. The lowest BCUT2D eigenvalue weighted by molar-refractivity contribution is 0.0446. The number of rotatable bonds is 5. The Balaban J connectivity index is 1.35. The molecule has 1 aromatic carbocycles. The van der Waals surface area contributed by atoms with E-state index in [1.54, 1.807) is 6.07 Å². The van der Waals surface area contributed by atoms with E-state index in [0.717, 1.165) is 37.2 Å².